The largest absolute Gasteiger partial charge is 0.481 e. The zero-order chi connectivity index (χ0) is 14.4. The van der Waals surface area contributed by atoms with Crippen LogP contribution in [0, 0.1) is 11.3 Å². The van der Waals surface area contributed by atoms with Gasteiger partial charge in [0, 0.05) is 6.61 Å². The first-order valence-corrected chi connectivity index (χ1v) is 8.51. The van der Waals surface area contributed by atoms with Gasteiger partial charge in [0.05, 0.1) is 11.5 Å². The highest BCUT2D eigenvalue weighted by molar-refractivity contribution is 5.74. The SMILES string of the molecule is CCCCC1CCC(CCC2CCCO2)(C(=O)O)CC1. The van der Waals surface area contributed by atoms with Crippen LogP contribution in [0.3, 0.4) is 0 Å². The van der Waals surface area contributed by atoms with Crippen LogP contribution < -0.4 is 0 Å². The third-order valence-corrected chi connectivity index (χ3v) is 5.45. The van der Waals surface area contributed by atoms with Crippen molar-refractivity contribution in [3.63, 3.8) is 0 Å². The number of carboxylic acid groups (broad SMARTS) is 1. The Bertz CT molecular complexity index is 299. The van der Waals surface area contributed by atoms with Crippen molar-refractivity contribution in [1.29, 1.82) is 0 Å². The van der Waals surface area contributed by atoms with E-state index in [-0.39, 0.29) is 0 Å². The van der Waals surface area contributed by atoms with Gasteiger partial charge in [0.25, 0.3) is 0 Å². The smallest absolute Gasteiger partial charge is 0.309 e. The van der Waals surface area contributed by atoms with E-state index in [4.69, 9.17) is 4.74 Å². The molecule has 2 aliphatic rings. The van der Waals surface area contributed by atoms with Gasteiger partial charge < -0.3 is 9.84 Å². The summed E-state index contributed by atoms with van der Waals surface area (Å²) in [6.07, 6.45) is 12.1. The zero-order valence-corrected chi connectivity index (χ0v) is 12.9. The Hall–Kier alpha value is -0.570. The minimum atomic E-state index is -0.565. The van der Waals surface area contributed by atoms with Crippen molar-refractivity contribution in [2.24, 2.45) is 11.3 Å². The van der Waals surface area contributed by atoms with Crippen molar-refractivity contribution < 1.29 is 14.6 Å². The van der Waals surface area contributed by atoms with Gasteiger partial charge >= 0.3 is 5.97 Å². The predicted octanol–water partition coefficient (Wildman–Crippen LogP) is 4.40. The van der Waals surface area contributed by atoms with Crippen LogP contribution in [0.4, 0.5) is 0 Å². The van der Waals surface area contributed by atoms with E-state index in [1.807, 2.05) is 0 Å². The minimum absolute atomic E-state index is 0.323. The van der Waals surface area contributed by atoms with Crippen molar-refractivity contribution >= 4 is 5.97 Å². The second-order valence-corrected chi connectivity index (χ2v) is 6.84. The lowest BCUT2D eigenvalue weighted by Crippen LogP contribution is -2.36. The molecule has 1 aliphatic carbocycles. The maximum Gasteiger partial charge on any atom is 0.309 e. The molecular formula is C17H30O3. The van der Waals surface area contributed by atoms with Crippen LogP contribution in [0.15, 0.2) is 0 Å². The molecule has 1 saturated heterocycles. The predicted molar refractivity (Wildman–Crippen MR) is 79.8 cm³/mol. The Labute approximate surface area is 123 Å². The van der Waals surface area contributed by atoms with Gasteiger partial charge in [-0.2, -0.15) is 0 Å². The summed E-state index contributed by atoms with van der Waals surface area (Å²) in [5, 5.41) is 9.68. The summed E-state index contributed by atoms with van der Waals surface area (Å²) in [6.45, 7) is 3.09. The molecule has 1 atom stereocenters. The molecule has 0 aromatic carbocycles. The molecule has 1 aliphatic heterocycles. The molecule has 0 radical (unpaired) electrons. The summed E-state index contributed by atoms with van der Waals surface area (Å²) < 4.78 is 5.65. The maximum absolute atomic E-state index is 11.8. The standard InChI is InChI=1S/C17H30O3/c1-2-3-5-14-7-10-17(11-8-14,16(18)19)12-9-15-6-4-13-20-15/h14-15H,2-13H2,1H3,(H,18,19). The maximum atomic E-state index is 11.8. The van der Waals surface area contributed by atoms with E-state index < -0.39 is 11.4 Å². The number of hydrogen-bond donors (Lipinski definition) is 1. The number of ether oxygens (including phenoxy) is 1. The first-order chi connectivity index (χ1) is 9.66. The van der Waals surface area contributed by atoms with Gasteiger partial charge in [-0.05, 0) is 57.3 Å². The van der Waals surface area contributed by atoms with Crippen LogP contribution >= 0.6 is 0 Å². The topological polar surface area (TPSA) is 46.5 Å². The van der Waals surface area contributed by atoms with Gasteiger partial charge in [-0.1, -0.05) is 26.2 Å². The fraction of sp³-hybridized carbons (Fsp3) is 0.941. The quantitative estimate of drug-likeness (QED) is 0.753. The first-order valence-electron chi connectivity index (χ1n) is 8.51. The van der Waals surface area contributed by atoms with Crippen molar-refractivity contribution in [3.8, 4) is 0 Å². The van der Waals surface area contributed by atoms with E-state index in [1.54, 1.807) is 0 Å². The van der Waals surface area contributed by atoms with E-state index in [9.17, 15) is 9.90 Å². The van der Waals surface area contributed by atoms with Crippen LogP contribution in [0.1, 0.15) is 77.6 Å². The number of aliphatic carboxylic acids is 1. The highest BCUT2D eigenvalue weighted by Crippen LogP contribution is 2.44. The first kappa shape index (κ1) is 15.8. The normalized spacial score (nSPS) is 34.2. The van der Waals surface area contributed by atoms with E-state index in [0.717, 1.165) is 63.9 Å². The highest BCUT2D eigenvalue weighted by Gasteiger charge is 2.41. The fourth-order valence-electron chi connectivity index (χ4n) is 3.89. The molecule has 3 nitrogen and oxygen atoms in total. The minimum Gasteiger partial charge on any atom is -0.481 e. The van der Waals surface area contributed by atoms with Gasteiger partial charge in [-0.25, -0.2) is 0 Å². The summed E-state index contributed by atoms with van der Waals surface area (Å²) in [4.78, 5) is 11.8. The van der Waals surface area contributed by atoms with Crippen LogP contribution in [-0.2, 0) is 9.53 Å². The number of rotatable bonds is 7. The van der Waals surface area contributed by atoms with Crippen LogP contribution in [0.2, 0.25) is 0 Å². The van der Waals surface area contributed by atoms with Crippen LogP contribution in [0.5, 0.6) is 0 Å². The monoisotopic (exact) mass is 282 g/mol. The summed E-state index contributed by atoms with van der Waals surface area (Å²) in [5.41, 5.74) is -0.450. The summed E-state index contributed by atoms with van der Waals surface area (Å²) in [6, 6.07) is 0. The van der Waals surface area contributed by atoms with Gasteiger partial charge in [0.1, 0.15) is 0 Å². The van der Waals surface area contributed by atoms with Crippen LogP contribution in [-0.4, -0.2) is 23.8 Å². The molecule has 2 rings (SSSR count). The summed E-state index contributed by atoms with van der Waals surface area (Å²) in [5.74, 6) is 0.203. The van der Waals surface area contributed by atoms with Crippen molar-refractivity contribution in [2.75, 3.05) is 6.61 Å². The van der Waals surface area contributed by atoms with E-state index in [0.29, 0.717) is 6.10 Å². The Morgan fingerprint density at radius 1 is 1.25 bits per heavy atom. The number of unbranched alkanes of at least 4 members (excludes halogenated alkanes) is 1. The number of carboxylic acids is 1. The lowest BCUT2D eigenvalue weighted by molar-refractivity contribution is -0.152. The van der Waals surface area contributed by atoms with Gasteiger partial charge in [0.2, 0.25) is 0 Å². The Morgan fingerprint density at radius 2 is 2.00 bits per heavy atom. The lowest BCUT2D eigenvalue weighted by atomic mass is 9.67. The average Bonchev–Trinajstić information content (AvgIpc) is 2.97. The molecule has 1 N–H and O–H groups in total. The molecule has 0 aromatic rings. The second-order valence-electron chi connectivity index (χ2n) is 6.84. The van der Waals surface area contributed by atoms with Gasteiger partial charge in [-0.15, -0.1) is 0 Å². The van der Waals surface area contributed by atoms with Gasteiger partial charge in [-0.3, -0.25) is 4.79 Å². The molecule has 1 heterocycles. The molecule has 0 aromatic heterocycles. The number of hydrogen-bond acceptors (Lipinski definition) is 2. The average molecular weight is 282 g/mol. The molecule has 2 fully saturated rings. The van der Waals surface area contributed by atoms with Crippen LogP contribution in [0.25, 0.3) is 0 Å². The zero-order valence-electron chi connectivity index (χ0n) is 12.9. The third kappa shape index (κ3) is 3.97. The molecular weight excluding hydrogens is 252 g/mol. The van der Waals surface area contributed by atoms with Gasteiger partial charge in [0.15, 0.2) is 0 Å². The second kappa shape index (κ2) is 7.44. The summed E-state index contributed by atoms with van der Waals surface area (Å²) in [7, 11) is 0. The lowest BCUT2D eigenvalue weighted by Gasteiger charge is -2.37. The van der Waals surface area contributed by atoms with Crippen molar-refractivity contribution in [1.82, 2.24) is 0 Å². The Morgan fingerprint density at radius 3 is 2.55 bits per heavy atom. The molecule has 116 valence electrons. The molecule has 1 saturated carbocycles. The molecule has 0 amide bonds. The Balaban J connectivity index is 1.82. The fourth-order valence-corrected chi connectivity index (χ4v) is 3.89. The van der Waals surface area contributed by atoms with E-state index in [1.165, 1.54) is 19.3 Å². The Kier molecular flexibility index (Phi) is 5.88. The van der Waals surface area contributed by atoms with Crippen molar-refractivity contribution in [3.05, 3.63) is 0 Å². The van der Waals surface area contributed by atoms with E-state index in [2.05, 4.69) is 6.92 Å². The molecule has 0 bridgehead atoms. The third-order valence-electron chi connectivity index (χ3n) is 5.45. The molecule has 0 spiro atoms. The summed E-state index contributed by atoms with van der Waals surface area (Å²) >= 11 is 0. The molecule has 1 unspecified atom stereocenters. The molecule has 3 heteroatoms. The van der Waals surface area contributed by atoms with E-state index >= 15 is 0 Å². The highest BCUT2D eigenvalue weighted by atomic mass is 16.5. The molecule has 20 heavy (non-hydrogen) atoms. The number of carbonyl (C=O) groups is 1. The van der Waals surface area contributed by atoms with Crippen molar-refractivity contribution in [2.45, 2.75) is 83.7 Å².